The van der Waals surface area contributed by atoms with Crippen LogP contribution in [0.3, 0.4) is 0 Å². The van der Waals surface area contributed by atoms with Gasteiger partial charge in [0.15, 0.2) is 0 Å². The first-order chi connectivity index (χ1) is 9.90. The van der Waals surface area contributed by atoms with Crippen LogP contribution in [-0.2, 0) is 0 Å². The van der Waals surface area contributed by atoms with Crippen molar-refractivity contribution in [1.82, 2.24) is 0 Å². The van der Waals surface area contributed by atoms with Crippen molar-refractivity contribution < 1.29 is 66.6 Å². The largest absolute Gasteiger partial charge is 0.493 e. The monoisotopic (exact) mass is 569 g/mol. The predicted molar refractivity (Wildman–Crippen MR) is 66.2 cm³/mol. The van der Waals surface area contributed by atoms with E-state index in [1.165, 1.54) is 31.2 Å². The number of hydrogen-bond acceptors (Lipinski definition) is 1. The van der Waals surface area contributed by atoms with Crippen LogP contribution >= 0.6 is 0 Å². The van der Waals surface area contributed by atoms with Crippen LogP contribution < -0.4 is 4.74 Å². The van der Waals surface area contributed by atoms with Crippen LogP contribution in [0.15, 0.2) is 24.3 Å². The van der Waals surface area contributed by atoms with E-state index in [2.05, 4.69) is 6.92 Å². The summed E-state index contributed by atoms with van der Waals surface area (Å²) in [6, 6.07) is 5.62. The van der Waals surface area contributed by atoms with Gasteiger partial charge in [0.1, 0.15) is 6.10 Å². The minimum absolute atomic E-state index is 0. The van der Waals surface area contributed by atoms with Crippen LogP contribution in [0.2, 0.25) is 0 Å². The Hall–Kier alpha value is -0.548. The first-order valence-corrected chi connectivity index (χ1v) is 6.31. The van der Waals surface area contributed by atoms with Crippen molar-refractivity contribution in [2.75, 3.05) is 0 Å². The molecule has 0 saturated heterocycles. The summed E-state index contributed by atoms with van der Waals surface area (Å²) in [7, 11) is 0. The molecule has 0 aliphatic carbocycles. The van der Waals surface area contributed by atoms with Crippen LogP contribution in [-0.4, -0.2) is 24.1 Å². The molecule has 0 aliphatic rings. The molecule has 0 fully saturated rings. The zero-order chi connectivity index (χ0) is 17.2. The summed E-state index contributed by atoms with van der Waals surface area (Å²) in [5.41, 5.74) is -4.72. The molecular formula is C14H14F7OU-. The third-order valence-corrected chi connectivity index (χ3v) is 3.09. The van der Waals surface area contributed by atoms with Gasteiger partial charge in [-0.25, -0.2) is 4.39 Å². The molecule has 1 nitrogen and oxygen atoms in total. The molecule has 0 saturated carbocycles. The summed E-state index contributed by atoms with van der Waals surface area (Å²) in [4.78, 5) is 0. The van der Waals surface area contributed by atoms with Gasteiger partial charge in [-0.15, -0.1) is 0 Å². The molecule has 1 unspecified atom stereocenters. The summed E-state index contributed by atoms with van der Waals surface area (Å²) in [5, 5.41) is 0. The van der Waals surface area contributed by atoms with Gasteiger partial charge in [0.2, 0.25) is 0 Å². The SMILES string of the molecule is [CH2-]c1ccc(OC(CC)CC(F)(C(F)(F)F)C(F)(F)F)cc1.[U]. The maximum absolute atomic E-state index is 13.7. The Morgan fingerprint density at radius 1 is 0.957 bits per heavy atom. The average molecular weight is 569 g/mol. The first-order valence-electron chi connectivity index (χ1n) is 6.31. The zero-order valence-corrected chi connectivity index (χ0v) is 16.2. The molecule has 1 aromatic carbocycles. The Labute approximate surface area is 153 Å². The number of halogens is 7. The quantitative estimate of drug-likeness (QED) is 0.348. The molecule has 9 heteroatoms. The molecule has 0 spiro atoms. The molecular weight excluding hydrogens is 555 g/mol. The van der Waals surface area contributed by atoms with Crippen molar-refractivity contribution in [2.45, 2.75) is 43.9 Å². The van der Waals surface area contributed by atoms with Gasteiger partial charge in [0.05, 0.1) is 5.75 Å². The molecule has 1 atom stereocenters. The molecule has 0 aromatic heterocycles. The maximum Gasteiger partial charge on any atom is 0.431 e. The molecule has 130 valence electrons. The second-order valence-corrected chi connectivity index (χ2v) is 4.79. The zero-order valence-electron chi connectivity index (χ0n) is 12.1. The summed E-state index contributed by atoms with van der Waals surface area (Å²) < 4.78 is 93.9. The third kappa shape index (κ3) is 5.49. The Kier molecular flexibility index (Phi) is 7.83. The fraction of sp³-hybridized carbons (Fsp3) is 0.500. The second kappa shape index (κ2) is 8.02. The molecule has 0 radical (unpaired) electrons. The van der Waals surface area contributed by atoms with E-state index in [0.717, 1.165) is 0 Å². The van der Waals surface area contributed by atoms with Crippen molar-refractivity contribution in [3.8, 4) is 5.75 Å². The van der Waals surface area contributed by atoms with E-state index in [0.29, 0.717) is 5.56 Å². The molecule has 0 amide bonds. The van der Waals surface area contributed by atoms with Crippen LogP contribution in [0.4, 0.5) is 30.7 Å². The molecule has 0 bridgehead atoms. The summed E-state index contributed by atoms with van der Waals surface area (Å²) in [6.45, 7) is 4.88. The number of rotatable bonds is 5. The summed E-state index contributed by atoms with van der Waals surface area (Å²) >= 11 is 0. The van der Waals surface area contributed by atoms with E-state index in [1.54, 1.807) is 0 Å². The Balaban J connectivity index is 0.00000484. The van der Waals surface area contributed by atoms with E-state index in [-0.39, 0.29) is 43.3 Å². The Morgan fingerprint density at radius 3 is 1.74 bits per heavy atom. The van der Waals surface area contributed by atoms with Gasteiger partial charge in [-0.1, -0.05) is 19.1 Å². The van der Waals surface area contributed by atoms with Crippen LogP contribution in [0.5, 0.6) is 5.75 Å². The van der Waals surface area contributed by atoms with E-state index < -0.39 is 30.5 Å². The molecule has 0 heterocycles. The van der Waals surface area contributed by atoms with Crippen LogP contribution in [0.1, 0.15) is 25.3 Å². The molecule has 0 aliphatic heterocycles. The average Bonchev–Trinajstić information content (AvgIpc) is 2.37. The second-order valence-electron chi connectivity index (χ2n) is 4.79. The van der Waals surface area contributed by atoms with Gasteiger partial charge in [-0.05, 0) is 6.42 Å². The predicted octanol–water partition coefficient (Wildman–Crippen LogP) is 5.25. The number of ether oxygens (including phenoxy) is 1. The Bertz CT molecular complexity index is 467. The smallest absolute Gasteiger partial charge is 0.431 e. The summed E-state index contributed by atoms with van der Waals surface area (Å²) in [5.74, 6) is 0.0472. The molecule has 1 rings (SSSR count). The van der Waals surface area contributed by atoms with Crippen LogP contribution in [0, 0.1) is 38.0 Å². The maximum atomic E-state index is 13.7. The normalized spacial score (nSPS) is 14.1. The number of hydrogen-bond donors (Lipinski definition) is 0. The van der Waals surface area contributed by atoms with Crippen molar-refractivity contribution in [2.24, 2.45) is 0 Å². The topological polar surface area (TPSA) is 9.23 Å². The van der Waals surface area contributed by atoms with Crippen LogP contribution in [0.25, 0.3) is 0 Å². The van der Waals surface area contributed by atoms with Gasteiger partial charge in [0.25, 0.3) is 0 Å². The van der Waals surface area contributed by atoms with Crippen molar-refractivity contribution >= 4 is 0 Å². The van der Waals surface area contributed by atoms with E-state index in [1.807, 2.05) is 0 Å². The first kappa shape index (κ1) is 22.5. The fourth-order valence-electron chi connectivity index (χ4n) is 1.74. The molecule has 1 aromatic rings. The number of benzene rings is 1. The van der Waals surface area contributed by atoms with Gasteiger partial charge in [0, 0.05) is 37.5 Å². The van der Waals surface area contributed by atoms with Gasteiger partial charge in [-0.3, -0.25) is 0 Å². The molecule has 0 N–H and O–H groups in total. The van der Waals surface area contributed by atoms with Gasteiger partial charge in [-0.2, -0.15) is 51.0 Å². The fourth-order valence-corrected chi connectivity index (χ4v) is 1.74. The van der Waals surface area contributed by atoms with Gasteiger partial charge < -0.3 is 4.74 Å². The number of alkyl halides is 7. The van der Waals surface area contributed by atoms with Gasteiger partial charge >= 0.3 is 18.0 Å². The van der Waals surface area contributed by atoms with Crippen molar-refractivity contribution in [3.05, 3.63) is 36.8 Å². The standard InChI is InChI=1S/C14H14F7O.U/c1-3-10(22-11-6-4-9(2)5-7-11)8-12(15,13(16,17)18)14(19,20)21;/h4-7,10H,2-3,8H2,1H3;/q-1;. The van der Waals surface area contributed by atoms with Crippen molar-refractivity contribution in [1.29, 1.82) is 0 Å². The third-order valence-electron chi connectivity index (χ3n) is 3.09. The minimum Gasteiger partial charge on any atom is -0.493 e. The minimum atomic E-state index is -6.07. The van der Waals surface area contributed by atoms with Crippen molar-refractivity contribution in [3.63, 3.8) is 0 Å². The summed E-state index contributed by atoms with van der Waals surface area (Å²) in [6.07, 6.45) is -15.8. The van der Waals surface area contributed by atoms with E-state index >= 15 is 0 Å². The molecule has 23 heavy (non-hydrogen) atoms. The van der Waals surface area contributed by atoms with E-state index in [4.69, 9.17) is 4.74 Å². The Morgan fingerprint density at radius 2 is 1.39 bits per heavy atom. The van der Waals surface area contributed by atoms with E-state index in [9.17, 15) is 30.7 Å².